The Morgan fingerprint density at radius 1 is 0.402 bits per heavy atom. The fourth-order valence-corrected chi connectivity index (χ4v) is 31.9. The number of hydrogen-bond donors (Lipinski definition) is 4. The van der Waals surface area contributed by atoms with Crippen LogP contribution in [-0.2, 0) is 30.9 Å². The lowest BCUT2D eigenvalue weighted by atomic mass is 9.51. The molecule has 4 heterocycles. The highest BCUT2D eigenvalue weighted by Crippen LogP contribution is 2.70. The second-order valence-corrected chi connectivity index (χ2v) is 43.7. The number of alkyl halides is 2. The lowest BCUT2D eigenvalue weighted by molar-refractivity contribution is -0.119. The maximum absolute atomic E-state index is 13.4. The van der Waals surface area contributed by atoms with E-state index >= 15 is 0 Å². The van der Waals surface area contributed by atoms with Gasteiger partial charge in [0, 0.05) is 37.7 Å². The maximum Gasteiger partial charge on any atom is 0.267 e. The van der Waals surface area contributed by atoms with Crippen molar-refractivity contribution < 1.29 is 33.9 Å². The molecule has 21 rings (SSSR count). The molecule has 0 radical (unpaired) electrons. The van der Waals surface area contributed by atoms with Gasteiger partial charge in [0.25, 0.3) is 6.43 Å². The fourth-order valence-electron chi connectivity index (χ4n) is 31.8. The largest absolute Gasteiger partial charge is 0.387 e. The Bertz CT molecular complexity index is 4720. The zero-order valence-corrected chi connectivity index (χ0v) is 74.5. The van der Waals surface area contributed by atoms with Gasteiger partial charge in [-0.25, -0.2) is 8.78 Å². The van der Waals surface area contributed by atoms with E-state index in [0.717, 1.165) is 149 Å². The van der Waals surface area contributed by atoms with Gasteiger partial charge in [-0.15, -0.1) is 0 Å². The van der Waals surface area contributed by atoms with Gasteiger partial charge in [0.15, 0.2) is 0 Å². The van der Waals surface area contributed by atoms with Crippen LogP contribution in [0.4, 0.5) is 8.78 Å². The third-order valence-electron chi connectivity index (χ3n) is 37.5. The van der Waals surface area contributed by atoms with Crippen molar-refractivity contribution in [2.75, 3.05) is 13.7 Å². The van der Waals surface area contributed by atoms with Crippen molar-refractivity contribution in [3.05, 3.63) is 145 Å². The topological polar surface area (TPSA) is 213 Å². The molecule has 658 valence electrons. The number of methoxy groups -OCH3 is 1. The molecule has 4 aromatic rings. The van der Waals surface area contributed by atoms with E-state index in [-0.39, 0.29) is 18.3 Å². The quantitative estimate of drug-likeness (QED) is 0.0645. The summed E-state index contributed by atoms with van der Waals surface area (Å²) in [5.74, 6) is 23.6. The second kappa shape index (κ2) is 34.3. The summed E-state index contributed by atoms with van der Waals surface area (Å²) < 4.78 is 32.1. The van der Waals surface area contributed by atoms with E-state index in [1.807, 2.05) is 0 Å². The Morgan fingerprint density at radius 2 is 0.705 bits per heavy atom. The van der Waals surface area contributed by atoms with Gasteiger partial charge in [-0.05, 0) is 351 Å². The number of halogens is 3. The molecule has 0 spiro atoms. The highest BCUT2D eigenvalue weighted by Gasteiger charge is 2.63. The van der Waals surface area contributed by atoms with Crippen LogP contribution in [0, 0.1) is 169 Å². The van der Waals surface area contributed by atoms with Gasteiger partial charge >= 0.3 is 0 Å². The molecule has 17 aliphatic carbocycles. The lowest BCUT2D eigenvalue weighted by Gasteiger charge is -2.54. The summed E-state index contributed by atoms with van der Waals surface area (Å²) in [5.41, 5.74) is 7.94. The van der Waals surface area contributed by atoms with E-state index in [1.165, 1.54) is 161 Å². The van der Waals surface area contributed by atoms with E-state index < -0.39 is 28.8 Å². The van der Waals surface area contributed by atoms with Crippen molar-refractivity contribution >= 4 is 11.6 Å². The van der Waals surface area contributed by atoms with Crippen LogP contribution in [0.3, 0.4) is 0 Å². The predicted molar refractivity (Wildman–Crippen MR) is 471 cm³/mol. The predicted octanol–water partition coefficient (Wildman–Crippen LogP) is 19.5. The van der Waals surface area contributed by atoms with Crippen molar-refractivity contribution in [2.45, 2.75) is 301 Å². The third kappa shape index (κ3) is 16.4. The van der Waals surface area contributed by atoms with E-state index in [0.29, 0.717) is 113 Å². The standard InChI is InChI=1S/C28H37N3O.C25H32ClN3O.C25H37N3O2.C24H33F2N3O/c1-19(18-31-29-15-16-30-31)25-7-8-26-24-6-5-21-17-28(32,13-9-20-3-4-20)14-11-22(21)23(24)10-12-27(25,26)2;1-17(16-29-27-13-14-28-29)22-5-6-23-21-4-3-18-15-25(30,11-12-26)10-8-19(18)20(21)7-9-24(22,23)2;1-17(15-28-26-12-13-27-28)22-6-7-23-21-5-4-18-14-25(29,16-30-3)11-9-19(18)20(21)8-10-24(22,23)2;1-15(14-29-27-11-12-28-29)20-5-6-21-19-4-3-16-13-24(30,22(25)26)10-8-17(16)18(19)7-9-23(20,21)2/h5,15-16,20,22-26,32H,1,3-4,6-8,10-12,14,17-18H2,2H3;3,13-14,19-23,30H,1,4-10,15-16H2,2H3;4,12-13,19-23,29H,1,5-11,14-16H2,2-3H3;3,11-12,17-22,30H,1,4-10,13-14H2,2H3/t22-,23+,24+,25+,26-,27+,28+;19-,20+,21+,22+,23-,24+,25-;19-,20+,21+,22+,23-,24+,25+;17-,18+,19+,20+,21-,23+,24+/m0000/s1. The Kier molecular flexibility index (Phi) is 24.3. The summed E-state index contributed by atoms with van der Waals surface area (Å²) in [4.78, 5) is 7.07. The smallest absolute Gasteiger partial charge is 0.267 e. The molecular formula is C102H139ClF2N12O5. The molecule has 0 amide bonds. The van der Waals surface area contributed by atoms with Crippen LogP contribution in [0.5, 0.6) is 0 Å². The monoisotopic (exact) mass is 1690 g/mol. The first-order valence-electron chi connectivity index (χ1n) is 47.8. The van der Waals surface area contributed by atoms with Gasteiger partial charge in [0.2, 0.25) is 0 Å². The minimum Gasteiger partial charge on any atom is -0.387 e. The van der Waals surface area contributed by atoms with Crippen LogP contribution < -0.4 is 0 Å². The molecule has 0 unspecified atom stereocenters. The van der Waals surface area contributed by atoms with Crippen molar-refractivity contribution in [3.8, 4) is 23.1 Å². The first-order chi connectivity index (χ1) is 58.6. The Hall–Kier alpha value is -6.45. The molecule has 4 aromatic heterocycles. The van der Waals surface area contributed by atoms with Gasteiger partial charge in [-0.2, -0.15) is 60.0 Å². The van der Waals surface area contributed by atoms with E-state index in [4.69, 9.17) is 16.3 Å². The van der Waals surface area contributed by atoms with Crippen LogP contribution in [0.2, 0.25) is 0 Å². The van der Waals surface area contributed by atoms with Crippen molar-refractivity contribution in [3.63, 3.8) is 0 Å². The van der Waals surface area contributed by atoms with Crippen molar-refractivity contribution in [1.82, 2.24) is 60.0 Å². The number of aromatic nitrogens is 12. The molecule has 17 aliphatic rings. The molecule has 13 saturated carbocycles. The van der Waals surface area contributed by atoms with Crippen LogP contribution in [-0.4, -0.2) is 123 Å². The molecule has 13 fully saturated rings. The first kappa shape index (κ1) is 86.3. The van der Waals surface area contributed by atoms with Crippen LogP contribution in [0.1, 0.15) is 246 Å². The molecule has 0 saturated heterocycles. The summed E-state index contributed by atoms with van der Waals surface area (Å²) in [6.45, 7) is 31.4. The zero-order chi connectivity index (χ0) is 84.9. The Morgan fingerprint density at radius 3 is 1.02 bits per heavy atom. The van der Waals surface area contributed by atoms with Gasteiger partial charge in [0.1, 0.15) is 16.8 Å². The van der Waals surface area contributed by atoms with Crippen LogP contribution in [0.25, 0.3) is 0 Å². The number of rotatable bonds is 15. The summed E-state index contributed by atoms with van der Waals surface area (Å²) in [6, 6.07) is 0. The summed E-state index contributed by atoms with van der Waals surface area (Å²) in [5, 5.41) is 79.9. The third-order valence-corrected chi connectivity index (χ3v) is 37.6. The highest BCUT2D eigenvalue weighted by atomic mass is 35.5. The van der Waals surface area contributed by atoms with E-state index in [1.54, 1.807) is 75.9 Å². The van der Waals surface area contributed by atoms with Gasteiger partial charge < -0.3 is 25.2 Å². The number of ether oxygens (including phenoxy) is 1. The normalized spacial score (nSPS) is 42.7. The molecule has 4 N–H and O–H groups in total. The molecule has 17 nitrogen and oxygen atoms in total. The molecule has 0 bridgehead atoms. The van der Waals surface area contributed by atoms with Crippen molar-refractivity contribution in [1.29, 1.82) is 0 Å². The molecule has 0 aliphatic heterocycles. The summed E-state index contributed by atoms with van der Waals surface area (Å²) >= 11 is 5.61. The molecule has 28 atom stereocenters. The van der Waals surface area contributed by atoms with Crippen molar-refractivity contribution in [2.24, 2.45) is 146 Å². The van der Waals surface area contributed by atoms with Crippen LogP contribution >= 0.6 is 11.6 Å². The van der Waals surface area contributed by atoms with E-state index in [9.17, 15) is 29.2 Å². The average Bonchev–Trinajstić information content (AvgIpc) is 1.49. The Balaban J connectivity index is 0.000000111. The number of hydrogen-bond acceptors (Lipinski definition) is 13. The van der Waals surface area contributed by atoms with Gasteiger partial charge in [-0.3, -0.25) is 0 Å². The highest BCUT2D eigenvalue weighted by molar-refractivity contribution is 6.30. The summed E-state index contributed by atoms with van der Waals surface area (Å²) in [7, 11) is 1.70. The molecule has 122 heavy (non-hydrogen) atoms. The average molecular weight is 1690 g/mol. The lowest BCUT2D eigenvalue weighted by Crippen LogP contribution is -2.49. The number of allylic oxidation sites excluding steroid dienone is 8. The second-order valence-electron chi connectivity index (χ2n) is 43.5. The summed E-state index contributed by atoms with van der Waals surface area (Å²) in [6.07, 6.45) is 57.4. The molecular weight excluding hydrogens is 1550 g/mol. The minimum absolute atomic E-state index is 0.163. The maximum atomic E-state index is 13.4. The SMILES string of the molecule is C=C(Cn1nccn1)[C@H]1CC[C@H]2[C@@H]3CC=C4C[C@@](O)(C#CC5CC5)CC[C@@H]4[C@H]3CC[C@]12C.C=C(Cn1nccn1)[C@H]1CC[C@H]2[C@@H]3CC=C4C[C@@](O)(C#CCl)CC[C@@H]4[C@H]3CC[C@]12C.C=C(Cn1nccn1)[C@H]1CC[C@H]2[C@@H]3CC=C4C[C@@](O)(C(F)F)CC[C@@H]4[C@H]3CC[C@]12C.C=C(Cn1nccn1)[C@H]1CC[C@H]2[C@@H]3CC=C4C[C@@](O)(COC)CC[C@@H]4[C@H]3CC[C@]12C. The zero-order valence-electron chi connectivity index (χ0n) is 73.7. The molecule has 20 heteroatoms. The number of fused-ring (bicyclic) bond motifs is 20. The Labute approximate surface area is 729 Å². The fraction of sp³-hybridized carbons (Fsp3) is 0.725. The number of nitrogens with zero attached hydrogens (tertiary/aromatic N) is 12. The van der Waals surface area contributed by atoms with E-state index in [2.05, 4.69) is 142 Å². The molecule has 0 aromatic carbocycles. The number of aliphatic hydroxyl groups is 4. The van der Waals surface area contributed by atoms with Crippen LogP contribution in [0.15, 0.2) is 145 Å². The van der Waals surface area contributed by atoms with Gasteiger partial charge in [0.05, 0.1) is 88.0 Å². The first-order valence-corrected chi connectivity index (χ1v) is 48.2. The minimum atomic E-state index is -2.65. The van der Waals surface area contributed by atoms with Gasteiger partial charge in [-0.1, -0.05) is 141 Å².